The van der Waals surface area contributed by atoms with Gasteiger partial charge in [0, 0.05) is 18.3 Å². The molecule has 8 aliphatic rings. The summed E-state index contributed by atoms with van der Waals surface area (Å²) in [5.41, 5.74) is -0.986. The van der Waals surface area contributed by atoms with E-state index in [9.17, 15) is 55.6 Å². The van der Waals surface area contributed by atoms with E-state index in [0.29, 0.717) is 32.1 Å². The predicted octanol–water partition coefficient (Wildman–Crippen LogP) is 4.36. The Hall–Kier alpha value is -2.90. The third kappa shape index (κ3) is 11.7. The maximum Gasteiger partial charge on any atom is 0.317 e. The highest BCUT2D eigenvalue weighted by molar-refractivity contribution is 5.90. The minimum absolute atomic E-state index is 0.0683. The fourth-order valence-electron chi connectivity index (χ4n) is 16.8. The number of carbonyl (C=O) groups excluding carboxylic acids is 2. The minimum atomic E-state index is -1.93. The zero-order valence-electron chi connectivity index (χ0n) is 48.4. The van der Waals surface area contributed by atoms with Crippen LogP contribution in [0.5, 0.6) is 0 Å². The summed E-state index contributed by atoms with van der Waals surface area (Å²) in [7, 11) is 0. The van der Waals surface area contributed by atoms with Gasteiger partial charge < -0.3 is 84.9 Å². The van der Waals surface area contributed by atoms with Gasteiger partial charge in [-0.25, -0.2) is 0 Å². The number of oxime groups is 1. The van der Waals surface area contributed by atoms with E-state index in [4.69, 9.17) is 33.5 Å². The number of hydrogen-bond acceptors (Lipinski definition) is 19. The van der Waals surface area contributed by atoms with Gasteiger partial charge >= 0.3 is 11.9 Å². The molecule has 21 heteroatoms. The number of aliphatic hydroxyl groups excluding tert-OH is 8. The number of hydrogen-bond donors (Lipinski definition) is 11. The number of ether oxygens (including phenoxy) is 6. The van der Waals surface area contributed by atoms with Crippen LogP contribution in [0.15, 0.2) is 16.8 Å². The molecule has 456 valence electrons. The Morgan fingerprint density at radius 2 is 1.36 bits per heavy atom. The summed E-state index contributed by atoms with van der Waals surface area (Å²) in [6, 6.07) is -1.35. The SMILES string of the molecule is CC1O[C@@H](OC2C(O)[C@@H](NC(=O)CCCCCCCCCCC(=O)O)C(CO)O[C@H]2OC(=O)[C@]23CCC(C)(C)CC2C2=CCC4C5(C)CC/C(=N/O)C(C)(C)[C@@H]5CCC4(C)[C@]2(C)CC3O)C(O)C(O)[C@H]1O[C@@H]1OC[C@@H](O)C(O)C1O. The van der Waals surface area contributed by atoms with Crippen molar-refractivity contribution in [1.82, 2.24) is 5.32 Å². The van der Waals surface area contributed by atoms with Gasteiger partial charge in [-0.3, -0.25) is 14.4 Å². The van der Waals surface area contributed by atoms with Crippen LogP contribution in [-0.4, -0.2) is 180 Å². The van der Waals surface area contributed by atoms with Crippen molar-refractivity contribution in [2.45, 2.75) is 269 Å². The summed E-state index contributed by atoms with van der Waals surface area (Å²) in [5.74, 6) is -2.03. The summed E-state index contributed by atoms with van der Waals surface area (Å²) in [5, 5.41) is 116. The second kappa shape index (κ2) is 24.6. The van der Waals surface area contributed by atoms with Gasteiger partial charge in [0.15, 0.2) is 18.7 Å². The van der Waals surface area contributed by atoms with Crippen LogP contribution in [0.3, 0.4) is 0 Å². The normalized spacial score (nSPS) is 45.5. The number of rotatable bonds is 19. The zero-order valence-corrected chi connectivity index (χ0v) is 48.4. The molecule has 80 heavy (non-hydrogen) atoms. The molecule has 7 fully saturated rings. The van der Waals surface area contributed by atoms with Crippen molar-refractivity contribution < 1.29 is 94.0 Å². The lowest BCUT2D eigenvalue weighted by atomic mass is 9.33. The second-order valence-electron chi connectivity index (χ2n) is 27.3. The number of nitrogens with one attached hydrogen (secondary N) is 1. The number of carboxylic acids is 1. The number of fused-ring (bicyclic) bond motifs is 7. The maximum atomic E-state index is 15.7. The smallest absolute Gasteiger partial charge is 0.317 e. The Kier molecular flexibility index (Phi) is 19.4. The van der Waals surface area contributed by atoms with Crippen LogP contribution in [0, 0.1) is 50.2 Å². The van der Waals surface area contributed by atoms with Gasteiger partial charge in [0.05, 0.1) is 37.2 Å². The van der Waals surface area contributed by atoms with Gasteiger partial charge in [-0.2, -0.15) is 0 Å². The molecule has 21 nitrogen and oxygen atoms in total. The quantitative estimate of drug-likeness (QED) is 0.0281. The van der Waals surface area contributed by atoms with Crippen LogP contribution in [0.1, 0.15) is 177 Å². The number of esters is 1. The number of aliphatic hydroxyl groups is 8. The van der Waals surface area contributed by atoms with Gasteiger partial charge in [-0.1, -0.05) is 104 Å². The van der Waals surface area contributed by atoms with E-state index in [2.05, 4.69) is 65.0 Å². The fraction of sp³-hybridized carbons (Fsp3) is 0.898. The predicted molar refractivity (Wildman–Crippen MR) is 287 cm³/mol. The third-order valence-electron chi connectivity index (χ3n) is 21.7. The van der Waals surface area contributed by atoms with Crippen molar-refractivity contribution in [2.24, 2.45) is 55.4 Å². The van der Waals surface area contributed by atoms with Crippen LogP contribution in [0.4, 0.5) is 0 Å². The van der Waals surface area contributed by atoms with Gasteiger partial charge in [-0.15, -0.1) is 0 Å². The molecule has 0 radical (unpaired) electrons. The highest BCUT2D eigenvalue weighted by Crippen LogP contribution is 2.75. The van der Waals surface area contributed by atoms with E-state index in [-0.39, 0.29) is 59.2 Å². The first-order valence-corrected chi connectivity index (χ1v) is 29.9. The molecule has 3 heterocycles. The molecule has 4 saturated carbocycles. The largest absolute Gasteiger partial charge is 0.481 e. The standard InChI is InChI=1S/C59H96N2O19/c1-31-48(78-50-46(71)43(68)34(63)30-75-50)45(70)47(72)51(76-31)79-49-44(69)42(60-40(65)17-15-13-11-9-10-12-14-16-18-41(66)67)35(29-62)77-52(49)80-53(73)59-26-25-54(2,3)27-33(59)32-19-20-37-56(6)23-22-38(61-74)55(4,5)36(56)21-24-57(37,7)58(32,8)28-39(59)64/h19,31,33-37,39,42-52,62-64,68-72,74H,9-18,20-30H2,1-8H3,(H,60,65)(H,66,67)/b61-38-/t31?,33?,34-,35?,36+,37?,39?,42+,43?,44?,45?,46?,47?,48+,49?,50+,51+,52+,56?,57?,58-,59-/m1/s1. The molecule has 1 amide bonds. The van der Waals surface area contributed by atoms with Crippen molar-refractivity contribution >= 4 is 23.6 Å². The zero-order chi connectivity index (χ0) is 58.5. The van der Waals surface area contributed by atoms with Crippen LogP contribution >= 0.6 is 0 Å². The fourth-order valence-corrected chi connectivity index (χ4v) is 16.8. The highest BCUT2D eigenvalue weighted by atomic mass is 16.8. The highest BCUT2D eigenvalue weighted by Gasteiger charge is 2.72. The summed E-state index contributed by atoms with van der Waals surface area (Å²) in [4.78, 5) is 40.1. The lowest BCUT2D eigenvalue weighted by Gasteiger charge is -2.71. The number of allylic oxidation sites excluding steroid dienone is 2. The number of carbonyl (C=O) groups is 3. The maximum absolute atomic E-state index is 15.7. The Balaban J connectivity index is 1.04. The molecular formula is C59H96N2O19. The van der Waals surface area contributed by atoms with E-state index in [1.54, 1.807) is 0 Å². The molecule has 3 saturated heterocycles. The second-order valence-corrected chi connectivity index (χ2v) is 27.3. The Morgan fingerprint density at radius 3 is 2.01 bits per heavy atom. The lowest BCUT2D eigenvalue weighted by Crippen LogP contribution is -2.69. The third-order valence-corrected chi connectivity index (χ3v) is 21.7. The van der Waals surface area contributed by atoms with Gasteiger partial charge in [0.2, 0.25) is 12.2 Å². The summed E-state index contributed by atoms with van der Waals surface area (Å²) in [6.07, 6.45) is -7.54. The molecule has 0 aromatic rings. The lowest BCUT2D eigenvalue weighted by molar-refractivity contribution is -0.370. The molecule has 0 spiro atoms. The number of nitrogens with zero attached hydrogens (tertiary/aromatic N) is 1. The molecule has 0 aromatic heterocycles. The summed E-state index contributed by atoms with van der Waals surface area (Å²) >= 11 is 0. The van der Waals surface area contributed by atoms with E-state index < -0.39 is 140 Å². The van der Waals surface area contributed by atoms with Crippen molar-refractivity contribution in [1.29, 1.82) is 0 Å². The topological polar surface area (TPSA) is 333 Å². The summed E-state index contributed by atoms with van der Waals surface area (Å²) < 4.78 is 36.5. The van der Waals surface area contributed by atoms with Crippen LogP contribution in [0.2, 0.25) is 0 Å². The first-order valence-electron chi connectivity index (χ1n) is 29.9. The Labute approximate surface area is 471 Å². The number of aliphatic carboxylic acids is 1. The molecule has 11 N–H and O–H groups in total. The van der Waals surface area contributed by atoms with Crippen LogP contribution < -0.4 is 5.32 Å². The van der Waals surface area contributed by atoms with Gasteiger partial charge in [0.1, 0.15) is 54.2 Å². The van der Waals surface area contributed by atoms with Gasteiger partial charge in [-0.05, 0) is 117 Å². The van der Waals surface area contributed by atoms with Crippen molar-refractivity contribution in [3.05, 3.63) is 11.6 Å². The average molecular weight is 1140 g/mol. The number of amides is 1. The van der Waals surface area contributed by atoms with Crippen LogP contribution in [-0.2, 0) is 42.8 Å². The molecule has 0 aromatic carbocycles. The molecule has 13 unspecified atom stereocenters. The van der Waals surface area contributed by atoms with E-state index >= 15 is 4.79 Å². The van der Waals surface area contributed by atoms with Crippen LogP contribution in [0.25, 0.3) is 0 Å². The molecular weight excluding hydrogens is 1040 g/mol. The molecule has 22 atom stereocenters. The van der Waals surface area contributed by atoms with E-state index in [1.807, 2.05) is 0 Å². The van der Waals surface area contributed by atoms with Crippen molar-refractivity contribution in [3.63, 3.8) is 0 Å². The molecule has 0 bridgehead atoms. The Bertz CT molecular complexity index is 2250. The number of unbranched alkanes of at least 4 members (excludes halogenated alkanes) is 7. The first kappa shape index (κ1) is 63.1. The average Bonchev–Trinajstić information content (AvgIpc) is 1.86. The molecule has 8 rings (SSSR count). The monoisotopic (exact) mass is 1140 g/mol. The Morgan fingerprint density at radius 1 is 0.725 bits per heavy atom. The minimum Gasteiger partial charge on any atom is -0.481 e. The van der Waals surface area contributed by atoms with Gasteiger partial charge in [0.25, 0.3) is 0 Å². The summed E-state index contributed by atoms with van der Waals surface area (Å²) in [6.45, 7) is 16.1. The van der Waals surface area contributed by atoms with E-state index in [0.717, 1.165) is 75.5 Å². The van der Waals surface area contributed by atoms with E-state index in [1.165, 1.54) is 6.92 Å². The molecule has 5 aliphatic carbocycles. The first-order chi connectivity index (χ1) is 37.6. The van der Waals surface area contributed by atoms with Crippen molar-refractivity contribution in [2.75, 3.05) is 13.2 Å². The molecule has 3 aliphatic heterocycles. The number of carboxylic acid groups (broad SMARTS) is 1. The van der Waals surface area contributed by atoms with Crippen molar-refractivity contribution in [3.8, 4) is 0 Å².